The van der Waals surface area contributed by atoms with Gasteiger partial charge in [-0.05, 0) is 56.7 Å². The van der Waals surface area contributed by atoms with E-state index in [9.17, 15) is 0 Å². The number of likely N-dealkylation sites (tertiary alicyclic amines) is 2. The second kappa shape index (κ2) is 6.19. The fraction of sp³-hybridized carbons (Fsp3) is 1.00. The van der Waals surface area contributed by atoms with Gasteiger partial charge in [0.1, 0.15) is 0 Å². The minimum absolute atomic E-state index is 0.821. The molecule has 0 aromatic heterocycles. The number of rotatable bonds is 4. The normalized spacial score (nSPS) is 31.8. The third-order valence-corrected chi connectivity index (χ3v) is 4.45. The van der Waals surface area contributed by atoms with E-state index in [1.54, 1.807) is 0 Å². The number of hydrogen-bond acceptors (Lipinski definition) is 2. The second-order valence-electron chi connectivity index (χ2n) is 6.55. The molecule has 2 heterocycles. The summed E-state index contributed by atoms with van der Waals surface area (Å²) in [6.45, 7) is 15.1. The highest BCUT2D eigenvalue weighted by atomic mass is 15.2. The first-order chi connectivity index (χ1) is 8.19. The summed E-state index contributed by atoms with van der Waals surface area (Å²) >= 11 is 0. The van der Waals surface area contributed by atoms with Gasteiger partial charge in [-0.1, -0.05) is 20.8 Å². The lowest BCUT2D eigenvalue weighted by molar-refractivity contribution is 0.0376. The van der Waals surface area contributed by atoms with Crippen molar-refractivity contribution >= 4 is 0 Å². The molecule has 2 aliphatic heterocycles. The highest BCUT2D eigenvalue weighted by molar-refractivity contribution is 4.87. The van der Waals surface area contributed by atoms with E-state index in [0.29, 0.717) is 0 Å². The molecule has 0 aromatic carbocycles. The highest BCUT2D eigenvalue weighted by Crippen LogP contribution is 2.31. The summed E-state index contributed by atoms with van der Waals surface area (Å²) in [5.74, 6) is 2.82. The van der Waals surface area contributed by atoms with Gasteiger partial charge >= 0.3 is 0 Å². The maximum Gasteiger partial charge on any atom is 0.00247 e. The Bertz CT molecular complexity index is 227. The van der Waals surface area contributed by atoms with Gasteiger partial charge in [0.2, 0.25) is 0 Å². The van der Waals surface area contributed by atoms with Crippen molar-refractivity contribution in [3.8, 4) is 0 Å². The first-order valence-corrected chi connectivity index (χ1v) is 7.63. The van der Waals surface area contributed by atoms with E-state index < -0.39 is 0 Å². The van der Waals surface area contributed by atoms with Crippen molar-refractivity contribution < 1.29 is 0 Å². The summed E-state index contributed by atoms with van der Waals surface area (Å²) in [5, 5.41) is 0. The molecule has 0 spiro atoms. The standard InChI is InChI=1S/C15H30N2/c1-4-7-16-8-5-14-6-9-17(10-13(2)3)12-15(14)11-16/h13-15H,4-12H2,1-3H3. The minimum atomic E-state index is 0.821. The fourth-order valence-electron chi connectivity index (χ4n) is 3.72. The number of fused-ring (bicyclic) bond motifs is 1. The molecule has 17 heavy (non-hydrogen) atoms. The van der Waals surface area contributed by atoms with E-state index in [-0.39, 0.29) is 0 Å². The van der Waals surface area contributed by atoms with Crippen molar-refractivity contribution in [3.05, 3.63) is 0 Å². The van der Waals surface area contributed by atoms with Gasteiger partial charge in [-0.3, -0.25) is 0 Å². The summed E-state index contributed by atoms with van der Waals surface area (Å²) in [4.78, 5) is 5.40. The Kier molecular flexibility index (Phi) is 4.87. The number of piperidine rings is 2. The second-order valence-corrected chi connectivity index (χ2v) is 6.55. The molecule has 2 fully saturated rings. The molecule has 0 radical (unpaired) electrons. The zero-order valence-corrected chi connectivity index (χ0v) is 12.0. The molecular weight excluding hydrogens is 208 g/mol. The lowest BCUT2D eigenvalue weighted by Crippen LogP contribution is -2.50. The molecule has 2 aliphatic rings. The van der Waals surface area contributed by atoms with Crippen molar-refractivity contribution in [1.29, 1.82) is 0 Å². The summed E-state index contributed by atoms with van der Waals surface area (Å²) in [6, 6.07) is 0. The van der Waals surface area contributed by atoms with Crippen molar-refractivity contribution in [2.75, 3.05) is 39.3 Å². The summed E-state index contributed by atoms with van der Waals surface area (Å²) in [6.07, 6.45) is 4.23. The van der Waals surface area contributed by atoms with Crippen LogP contribution >= 0.6 is 0 Å². The molecule has 2 heteroatoms. The van der Waals surface area contributed by atoms with Crippen LogP contribution in [0.1, 0.15) is 40.0 Å². The maximum atomic E-state index is 2.71. The summed E-state index contributed by atoms with van der Waals surface area (Å²) < 4.78 is 0. The Labute approximate surface area is 107 Å². The first-order valence-electron chi connectivity index (χ1n) is 7.63. The first kappa shape index (κ1) is 13.4. The van der Waals surface area contributed by atoms with E-state index >= 15 is 0 Å². The van der Waals surface area contributed by atoms with Crippen LogP contribution in [-0.2, 0) is 0 Å². The van der Waals surface area contributed by atoms with Gasteiger partial charge in [0.15, 0.2) is 0 Å². The van der Waals surface area contributed by atoms with Crippen LogP contribution in [0.3, 0.4) is 0 Å². The molecule has 0 aromatic rings. The van der Waals surface area contributed by atoms with Crippen LogP contribution in [0.4, 0.5) is 0 Å². The molecule has 0 N–H and O–H groups in total. The van der Waals surface area contributed by atoms with E-state index in [4.69, 9.17) is 0 Å². The van der Waals surface area contributed by atoms with Crippen molar-refractivity contribution in [2.45, 2.75) is 40.0 Å². The van der Waals surface area contributed by atoms with E-state index in [1.807, 2.05) is 0 Å². The van der Waals surface area contributed by atoms with Gasteiger partial charge in [-0.2, -0.15) is 0 Å². The van der Waals surface area contributed by atoms with E-state index in [0.717, 1.165) is 17.8 Å². The van der Waals surface area contributed by atoms with Gasteiger partial charge in [-0.25, -0.2) is 0 Å². The smallest absolute Gasteiger partial charge is 0.00247 e. The van der Waals surface area contributed by atoms with Crippen molar-refractivity contribution in [2.24, 2.45) is 17.8 Å². The van der Waals surface area contributed by atoms with E-state index in [1.165, 1.54) is 58.5 Å². The SMILES string of the molecule is CCCN1CCC2CCN(CC(C)C)CC2C1. The molecule has 100 valence electrons. The van der Waals surface area contributed by atoms with Crippen molar-refractivity contribution in [3.63, 3.8) is 0 Å². The largest absolute Gasteiger partial charge is 0.303 e. The van der Waals surface area contributed by atoms with Gasteiger partial charge in [0.05, 0.1) is 0 Å². The van der Waals surface area contributed by atoms with Crippen LogP contribution in [0.5, 0.6) is 0 Å². The zero-order valence-electron chi connectivity index (χ0n) is 12.0. The molecule has 0 saturated carbocycles. The van der Waals surface area contributed by atoms with Gasteiger partial charge in [0, 0.05) is 19.6 Å². The monoisotopic (exact) mass is 238 g/mol. The highest BCUT2D eigenvalue weighted by Gasteiger charge is 2.33. The number of nitrogens with zero attached hydrogens (tertiary/aromatic N) is 2. The Morgan fingerprint density at radius 2 is 1.65 bits per heavy atom. The Hall–Kier alpha value is -0.0800. The lowest BCUT2D eigenvalue weighted by Gasteiger charge is -2.45. The quantitative estimate of drug-likeness (QED) is 0.743. The average molecular weight is 238 g/mol. The van der Waals surface area contributed by atoms with Crippen LogP contribution in [0.2, 0.25) is 0 Å². The topological polar surface area (TPSA) is 6.48 Å². The lowest BCUT2D eigenvalue weighted by atomic mass is 9.80. The van der Waals surface area contributed by atoms with E-state index in [2.05, 4.69) is 30.6 Å². The van der Waals surface area contributed by atoms with Crippen LogP contribution in [-0.4, -0.2) is 49.1 Å². The third-order valence-electron chi connectivity index (χ3n) is 4.45. The third kappa shape index (κ3) is 3.69. The molecule has 2 rings (SSSR count). The summed E-state index contributed by atoms with van der Waals surface area (Å²) in [7, 11) is 0. The van der Waals surface area contributed by atoms with Crippen LogP contribution in [0, 0.1) is 17.8 Å². The van der Waals surface area contributed by atoms with Crippen molar-refractivity contribution in [1.82, 2.24) is 9.80 Å². The minimum Gasteiger partial charge on any atom is -0.303 e. The van der Waals surface area contributed by atoms with Crippen LogP contribution in [0.15, 0.2) is 0 Å². The molecular formula is C15H30N2. The molecule has 2 atom stereocenters. The van der Waals surface area contributed by atoms with Crippen LogP contribution < -0.4 is 0 Å². The zero-order chi connectivity index (χ0) is 12.3. The predicted octanol–water partition coefficient (Wildman–Crippen LogP) is 2.70. The maximum absolute atomic E-state index is 2.71. The Morgan fingerprint density at radius 1 is 1.00 bits per heavy atom. The fourth-order valence-corrected chi connectivity index (χ4v) is 3.72. The number of hydrogen-bond donors (Lipinski definition) is 0. The molecule has 0 amide bonds. The Balaban J connectivity index is 1.83. The molecule has 0 aliphatic carbocycles. The van der Waals surface area contributed by atoms with Gasteiger partial charge < -0.3 is 9.80 Å². The average Bonchev–Trinajstić information content (AvgIpc) is 2.28. The molecule has 2 unspecified atom stereocenters. The van der Waals surface area contributed by atoms with Gasteiger partial charge in [0.25, 0.3) is 0 Å². The molecule has 2 saturated heterocycles. The summed E-state index contributed by atoms with van der Waals surface area (Å²) in [5.41, 5.74) is 0. The Morgan fingerprint density at radius 3 is 2.29 bits per heavy atom. The van der Waals surface area contributed by atoms with Gasteiger partial charge in [-0.15, -0.1) is 0 Å². The molecule has 0 bridgehead atoms. The predicted molar refractivity (Wildman–Crippen MR) is 74.2 cm³/mol. The molecule has 2 nitrogen and oxygen atoms in total. The van der Waals surface area contributed by atoms with Crippen LogP contribution in [0.25, 0.3) is 0 Å².